The zero-order valence-corrected chi connectivity index (χ0v) is 15.1. The first kappa shape index (κ1) is 17.1. The molecule has 0 aliphatic carbocycles. The third-order valence-electron chi connectivity index (χ3n) is 5.28. The number of benzene rings is 3. The first-order chi connectivity index (χ1) is 13.2. The monoisotopic (exact) mass is 356 g/mol. The lowest BCUT2D eigenvalue weighted by molar-refractivity contribution is 0.430. The molecule has 0 saturated carbocycles. The zero-order valence-electron chi connectivity index (χ0n) is 15.1. The van der Waals surface area contributed by atoms with Crippen LogP contribution in [0, 0.1) is 0 Å². The second kappa shape index (κ2) is 6.76. The number of rotatable bonds is 4. The van der Waals surface area contributed by atoms with Crippen molar-refractivity contribution in [3.05, 3.63) is 112 Å². The predicted molar refractivity (Wildman–Crippen MR) is 107 cm³/mol. The Balaban J connectivity index is 2.16. The van der Waals surface area contributed by atoms with Crippen molar-refractivity contribution in [1.82, 2.24) is 0 Å². The van der Waals surface area contributed by atoms with Crippen molar-refractivity contribution in [1.29, 1.82) is 0 Å². The summed E-state index contributed by atoms with van der Waals surface area (Å²) in [6.07, 6.45) is 0.595. The van der Waals surface area contributed by atoms with Gasteiger partial charge in [0.15, 0.2) is 0 Å². The average molecular weight is 356 g/mol. The van der Waals surface area contributed by atoms with Crippen LogP contribution in [0.3, 0.4) is 0 Å². The van der Waals surface area contributed by atoms with Gasteiger partial charge in [-0.2, -0.15) is 0 Å². The van der Waals surface area contributed by atoms with Crippen LogP contribution in [0.2, 0.25) is 0 Å². The molecule has 0 bridgehead atoms. The van der Waals surface area contributed by atoms with Crippen LogP contribution in [-0.2, 0) is 5.41 Å². The van der Waals surface area contributed by atoms with Crippen LogP contribution in [-0.4, -0.2) is 5.11 Å². The molecule has 27 heavy (non-hydrogen) atoms. The van der Waals surface area contributed by atoms with Gasteiger partial charge in [0.05, 0.1) is 16.4 Å². The van der Waals surface area contributed by atoms with Crippen LogP contribution in [0.15, 0.2) is 94.1 Å². The summed E-state index contributed by atoms with van der Waals surface area (Å²) in [5.41, 5.74) is 1.22. The van der Waals surface area contributed by atoms with Gasteiger partial charge in [0.2, 0.25) is 0 Å². The van der Waals surface area contributed by atoms with Gasteiger partial charge in [0.1, 0.15) is 11.3 Å². The lowest BCUT2D eigenvalue weighted by Gasteiger charge is -2.34. The Labute approximate surface area is 157 Å². The molecule has 4 rings (SSSR count). The number of hydrogen-bond donors (Lipinski definition) is 1. The minimum Gasteiger partial charge on any atom is -0.507 e. The third-order valence-corrected chi connectivity index (χ3v) is 5.28. The molecule has 3 nitrogen and oxygen atoms in total. The second-order valence-corrected chi connectivity index (χ2v) is 6.60. The summed E-state index contributed by atoms with van der Waals surface area (Å²) >= 11 is 0. The van der Waals surface area contributed by atoms with Gasteiger partial charge in [0, 0.05) is 0 Å². The van der Waals surface area contributed by atoms with Gasteiger partial charge in [-0.15, -0.1) is 0 Å². The van der Waals surface area contributed by atoms with E-state index in [1.165, 1.54) is 0 Å². The second-order valence-electron chi connectivity index (χ2n) is 6.60. The number of hydrogen-bond acceptors (Lipinski definition) is 3. The van der Waals surface area contributed by atoms with Gasteiger partial charge < -0.3 is 9.52 Å². The maximum Gasteiger partial charge on any atom is 0.344 e. The fraction of sp³-hybridized carbons (Fsp3) is 0.125. The fourth-order valence-corrected chi connectivity index (χ4v) is 4.00. The van der Waals surface area contributed by atoms with Crippen molar-refractivity contribution in [3.63, 3.8) is 0 Å². The van der Waals surface area contributed by atoms with E-state index >= 15 is 0 Å². The normalized spacial score (nSPS) is 11.6. The minimum absolute atomic E-state index is 0.0172. The van der Waals surface area contributed by atoms with Gasteiger partial charge in [-0.25, -0.2) is 4.79 Å². The highest BCUT2D eigenvalue weighted by Gasteiger charge is 2.40. The molecule has 1 heterocycles. The molecule has 3 aromatic carbocycles. The van der Waals surface area contributed by atoms with Crippen molar-refractivity contribution in [2.45, 2.75) is 18.8 Å². The molecule has 1 N–H and O–H groups in total. The van der Waals surface area contributed by atoms with E-state index in [2.05, 4.69) is 0 Å². The molecule has 0 unspecified atom stereocenters. The molecule has 0 radical (unpaired) electrons. The fourth-order valence-electron chi connectivity index (χ4n) is 4.00. The van der Waals surface area contributed by atoms with E-state index in [-0.39, 0.29) is 11.3 Å². The summed E-state index contributed by atoms with van der Waals surface area (Å²) in [6.45, 7) is 2.02. The molecule has 3 heteroatoms. The SMILES string of the molecule is CCC(c1ccccc1)(c1ccccc1)c1c(O)c2ccccc2oc1=O. The Morgan fingerprint density at radius 2 is 1.33 bits per heavy atom. The summed E-state index contributed by atoms with van der Waals surface area (Å²) in [7, 11) is 0. The molecule has 0 saturated heterocycles. The number of para-hydroxylation sites is 1. The maximum atomic E-state index is 13.1. The summed E-state index contributed by atoms with van der Waals surface area (Å²) in [5, 5.41) is 11.7. The van der Waals surface area contributed by atoms with E-state index in [1.807, 2.05) is 73.7 Å². The largest absolute Gasteiger partial charge is 0.507 e. The van der Waals surface area contributed by atoms with Gasteiger partial charge in [0.25, 0.3) is 0 Å². The molecular formula is C24H20O3. The first-order valence-electron chi connectivity index (χ1n) is 9.05. The van der Waals surface area contributed by atoms with Gasteiger partial charge in [-0.3, -0.25) is 0 Å². The van der Waals surface area contributed by atoms with Crippen molar-refractivity contribution >= 4 is 11.0 Å². The molecule has 0 amide bonds. The highest BCUT2D eigenvalue weighted by molar-refractivity contribution is 5.85. The third kappa shape index (κ3) is 2.63. The van der Waals surface area contributed by atoms with Crippen molar-refractivity contribution < 1.29 is 9.52 Å². The summed E-state index contributed by atoms with van der Waals surface area (Å²) in [4.78, 5) is 13.1. The summed E-state index contributed by atoms with van der Waals surface area (Å²) in [5.74, 6) is -0.0172. The summed E-state index contributed by atoms with van der Waals surface area (Å²) in [6, 6.07) is 26.7. The lowest BCUT2D eigenvalue weighted by atomic mass is 9.67. The van der Waals surface area contributed by atoms with E-state index in [0.717, 1.165) is 11.1 Å². The zero-order chi connectivity index (χ0) is 18.9. The minimum atomic E-state index is -0.808. The molecular weight excluding hydrogens is 336 g/mol. The molecule has 0 fully saturated rings. The molecule has 0 aliphatic heterocycles. The Kier molecular flexibility index (Phi) is 4.28. The van der Waals surface area contributed by atoms with Gasteiger partial charge >= 0.3 is 5.63 Å². The van der Waals surface area contributed by atoms with Crippen LogP contribution >= 0.6 is 0 Å². The highest BCUT2D eigenvalue weighted by Crippen LogP contribution is 2.45. The van der Waals surface area contributed by atoms with Crippen LogP contribution in [0.4, 0.5) is 0 Å². The Hall–Kier alpha value is -3.33. The van der Waals surface area contributed by atoms with Crippen molar-refractivity contribution in [3.8, 4) is 5.75 Å². The van der Waals surface area contributed by atoms with Crippen LogP contribution in [0.25, 0.3) is 11.0 Å². The first-order valence-corrected chi connectivity index (χ1v) is 9.05. The van der Waals surface area contributed by atoms with E-state index in [0.29, 0.717) is 17.4 Å². The summed E-state index contributed by atoms with van der Waals surface area (Å²) < 4.78 is 5.61. The molecule has 4 aromatic rings. The van der Waals surface area contributed by atoms with E-state index in [9.17, 15) is 9.90 Å². The van der Waals surface area contributed by atoms with E-state index in [1.54, 1.807) is 18.2 Å². The quantitative estimate of drug-likeness (QED) is 0.509. The van der Waals surface area contributed by atoms with Crippen LogP contribution in [0.1, 0.15) is 30.0 Å². The lowest BCUT2D eigenvalue weighted by Crippen LogP contribution is -2.34. The van der Waals surface area contributed by atoms with Crippen molar-refractivity contribution in [2.75, 3.05) is 0 Å². The topological polar surface area (TPSA) is 50.4 Å². The smallest absolute Gasteiger partial charge is 0.344 e. The van der Waals surface area contributed by atoms with Gasteiger partial charge in [-0.05, 0) is 29.7 Å². The molecule has 0 aliphatic rings. The van der Waals surface area contributed by atoms with Gasteiger partial charge in [-0.1, -0.05) is 79.7 Å². The van der Waals surface area contributed by atoms with Crippen LogP contribution < -0.4 is 5.63 Å². The molecule has 134 valence electrons. The van der Waals surface area contributed by atoms with E-state index in [4.69, 9.17) is 4.42 Å². The average Bonchev–Trinajstić information content (AvgIpc) is 2.72. The van der Waals surface area contributed by atoms with E-state index < -0.39 is 11.0 Å². The standard InChI is InChI=1S/C24H20O3/c1-2-24(17-11-5-3-6-12-17,18-13-7-4-8-14-18)21-22(25)19-15-9-10-16-20(19)27-23(21)26/h3-16,25H,2H2,1H3. The maximum absolute atomic E-state index is 13.1. The van der Waals surface area contributed by atoms with Crippen LogP contribution in [0.5, 0.6) is 5.75 Å². The Morgan fingerprint density at radius 1 is 0.815 bits per heavy atom. The molecule has 0 spiro atoms. The highest BCUT2D eigenvalue weighted by atomic mass is 16.4. The molecule has 1 aromatic heterocycles. The predicted octanol–water partition coefficient (Wildman–Crippen LogP) is 5.24. The number of fused-ring (bicyclic) bond motifs is 1. The Bertz CT molecular complexity index is 1090. The van der Waals surface area contributed by atoms with Crippen molar-refractivity contribution in [2.24, 2.45) is 0 Å². The Morgan fingerprint density at radius 3 is 1.89 bits per heavy atom. The number of aromatic hydroxyl groups is 1. The molecule has 0 atom stereocenters.